The summed E-state index contributed by atoms with van der Waals surface area (Å²) in [5.74, 6) is 4.92. The van der Waals surface area contributed by atoms with Gasteiger partial charge in [-0.1, -0.05) is 193 Å². The Bertz CT molecular complexity index is 921. The van der Waals surface area contributed by atoms with Crippen LogP contribution in [0.3, 0.4) is 0 Å². The maximum atomic E-state index is 11.6. The zero-order chi connectivity index (χ0) is 43.8. The molecular formula is C48H104N2O4S. The van der Waals surface area contributed by atoms with Gasteiger partial charge in [0.1, 0.15) is 5.78 Å². The SMILES string of the molecule is C=S(C)(=O)NCC(C)(C)CC.CCC(C)(C)C.CCC(C)(C)CC(C)=O.CCC(C)C.CCCCCCCCCCCCCCCC(=O)NCCCCOC. The van der Waals surface area contributed by atoms with Crippen molar-refractivity contribution in [2.24, 2.45) is 22.2 Å². The van der Waals surface area contributed by atoms with Crippen LogP contribution in [0.1, 0.15) is 239 Å². The largest absolute Gasteiger partial charge is 0.385 e. The first-order chi connectivity index (χ1) is 25.4. The predicted octanol–water partition coefficient (Wildman–Crippen LogP) is 14.2. The van der Waals surface area contributed by atoms with Crippen molar-refractivity contribution >= 4 is 27.3 Å². The minimum atomic E-state index is -2.02. The van der Waals surface area contributed by atoms with Gasteiger partial charge in [-0.05, 0) is 60.6 Å². The maximum absolute atomic E-state index is 11.6. The fourth-order valence-electron chi connectivity index (χ4n) is 4.26. The number of ether oxygens (including phenoxy) is 1. The number of carbonyl (C=O) groups excluding carboxylic acids is 2. The van der Waals surface area contributed by atoms with Gasteiger partial charge in [-0.2, -0.15) is 0 Å². The van der Waals surface area contributed by atoms with Crippen molar-refractivity contribution in [3.8, 4) is 0 Å². The third-order valence-corrected chi connectivity index (χ3v) is 10.7. The number of hydrogen-bond acceptors (Lipinski definition) is 4. The molecule has 0 spiro atoms. The summed E-state index contributed by atoms with van der Waals surface area (Å²) in [7, 11) is -0.302. The van der Waals surface area contributed by atoms with Gasteiger partial charge in [-0.3, -0.25) is 9.00 Å². The summed E-state index contributed by atoms with van der Waals surface area (Å²) in [4.78, 5) is 22.3. The molecule has 1 amide bonds. The first-order valence-electron chi connectivity index (χ1n) is 22.7. The van der Waals surface area contributed by atoms with Crippen molar-refractivity contribution in [2.75, 3.05) is 33.1 Å². The number of rotatable bonds is 27. The normalized spacial score (nSPS) is 12.4. The molecule has 0 aliphatic carbocycles. The highest BCUT2D eigenvalue weighted by Crippen LogP contribution is 2.24. The van der Waals surface area contributed by atoms with Crippen LogP contribution in [0.15, 0.2) is 0 Å². The van der Waals surface area contributed by atoms with Gasteiger partial charge in [0, 0.05) is 55.6 Å². The number of carbonyl (C=O) groups is 2. The molecule has 6 nitrogen and oxygen atoms in total. The molecule has 0 saturated heterocycles. The molecule has 1 atom stereocenters. The smallest absolute Gasteiger partial charge is 0.219 e. The summed E-state index contributed by atoms with van der Waals surface area (Å²) < 4.78 is 19.0. The quantitative estimate of drug-likeness (QED) is 0.0640. The lowest BCUT2D eigenvalue weighted by atomic mass is 9.85. The average Bonchev–Trinajstić information content (AvgIpc) is 3.09. The molecule has 0 fully saturated rings. The molecule has 0 aromatic rings. The van der Waals surface area contributed by atoms with E-state index in [-0.39, 0.29) is 16.7 Å². The van der Waals surface area contributed by atoms with Crippen molar-refractivity contribution in [1.29, 1.82) is 0 Å². The third kappa shape index (κ3) is 71.3. The standard InChI is InChI=1S/C21H43NO2.C8H19NOS.C8H16O.C6H14.C5H12/c1-3-4-5-6-7-8-9-10-11-12-13-14-15-18-21(23)22-19-16-17-20-24-2;1-6-8(2,3)7-9-11(4,5)10;1-5-8(3,4)6-7(2)9;1-5-6(2,3)4;1-4-5(2)3/h3-20H2,1-2H3,(H,22,23);4,6-7H2,1-3,5H3,(H,9,10);5-6H2,1-4H3;5H2,1-4H3;5H,4H2,1-3H3. The number of hydrogen-bond donors (Lipinski definition) is 2. The second-order valence-electron chi connectivity index (χ2n) is 19.0. The van der Waals surface area contributed by atoms with E-state index in [9.17, 15) is 13.8 Å². The first kappa shape index (κ1) is 63.3. The third-order valence-electron chi connectivity index (χ3n) is 9.98. The highest BCUT2D eigenvalue weighted by molar-refractivity contribution is 7.97. The van der Waals surface area contributed by atoms with Gasteiger partial charge in [0.05, 0.1) is 0 Å². The molecule has 0 saturated carbocycles. The van der Waals surface area contributed by atoms with E-state index in [2.05, 4.69) is 113 Å². The van der Waals surface area contributed by atoms with Crippen LogP contribution in [0.5, 0.6) is 0 Å². The topological polar surface area (TPSA) is 84.5 Å². The molecule has 0 aromatic heterocycles. The minimum Gasteiger partial charge on any atom is -0.385 e. The number of amides is 1. The Morgan fingerprint density at radius 3 is 1.36 bits per heavy atom. The van der Waals surface area contributed by atoms with Crippen molar-refractivity contribution in [2.45, 2.75) is 239 Å². The second-order valence-corrected chi connectivity index (χ2v) is 21.3. The molecule has 1 unspecified atom stereocenters. The van der Waals surface area contributed by atoms with Crippen molar-refractivity contribution in [3.63, 3.8) is 0 Å². The van der Waals surface area contributed by atoms with Crippen molar-refractivity contribution in [1.82, 2.24) is 10.0 Å². The molecule has 0 radical (unpaired) electrons. The van der Waals surface area contributed by atoms with Gasteiger partial charge in [0.2, 0.25) is 5.91 Å². The Morgan fingerprint density at radius 2 is 1.07 bits per heavy atom. The summed E-state index contributed by atoms with van der Waals surface area (Å²) >= 11 is 0. The Labute approximate surface area is 348 Å². The van der Waals surface area contributed by atoms with Crippen molar-refractivity contribution in [3.05, 3.63) is 0 Å². The van der Waals surface area contributed by atoms with E-state index in [0.717, 1.165) is 57.7 Å². The van der Waals surface area contributed by atoms with Crippen LogP contribution in [-0.2, 0) is 24.0 Å². The van der Waals surface area contributed by atoms with Crippen LogP contribution >= 0.6 is 0 Å². The molecule has 0 aliphatic rings. The molecule has 0 aromatic carbocycles. The van der Waals surface area contributed by atoms with Gasteiger partial charge < -0.3 is 14.8 Å². The maximum Gasteiger partial charge on any atom is 0.219 e. The summed E-state index contributed by atoms with van der Waals surface area (Å²) in [5.41, 5.74) is 0.974. The second kappa shape index (κ2) is 41.2. The summed E-state index contributed by atoms with van der Waals surface area (Å²) in [6.45, 7) is 34.6. The number of Topliss-reactive ketones (excluding diaryl/α,β-unsaturated/α-hetero) is 1. The van der Waals surface area contributed by atoms with Crippen LogP contribution < -0.4 is 10.0 Å². The van der Waals surface area contributed by atoms with Gasteiger partial charge >= 0.3 is 0 Å². The molecule has 0 bridgehead atoms. The van der Waals surface area contributed by atoms with E-state index in [1.807, 2.05) is 0 Å². The molecule has 0 rings (SSSR count). The molecule has 55 heavy (non-hydrogen) atoms. The summed E-state index contributed by atoms with van der Waals surface area (Å²) in [5, 5.41) is 2.99. The predicted molar refractivity (Wildman–Crippen MR) is 252 cm³/mol. The number of nitrogens with one attached hydrogen (secondary N) is 2. The van der Waals surface area contributed by atoms with Crippen LogP contribution in [-0.4, -0.2) is 54.8 Å². The molecule has 0 aliphatic heterocycles. The van der Waals surface area contributed by atoms with E-state index < -0.39 is 9.71 Å². The fourth-order valence-corrected chi connectivity index (χ4v) is 4.96. The van der Waals surface area contributed by atoms with Crippen LogP contribution in [0.25, 0.3) is 0 Å². The molecular weight excluding hydrogens is 701 g/mol. The Morgan fingerprint density at radius 1 is 0.673 bits per heavy atom. The van der Waals surface area contributed by atoms with E-state index in [1.165, 1.54) is 89.9 Å². The lowest BCUT2D eigenvalue weighted by Gasteiger charge is -2.23. The monoisotopic (exact) mass is 805 g/mol. The number of ketones is 1. The van der Waals surface area contributed by atoms with E-state index in [4.69, 9.17) is 4.74 Å². The van der Waals surface area contributed by atoms with Gasteiger partial charge in [-0.15, -0.1) is 0 Å². The van der Waals surface area contributed by atoms with Crippen LogP contribution in [0, 0.1) is 22.2 Å². The lowest BCUT2D eigenvalue weighted by Crippen LogP contribution is -2.32. The Hall–Kier alpha value is -0.920. The van der Waals surface area contributed by atoms with E-state index in [1.54, 1.807) is 20.3 Å². The van der Waals surface area contributed by atoms with Gasteiger partial charge in [0.15, 0.2) is 0 Å². The minimum absolute atomic E-state index is 0.214. The lowest BCUT2D eigenvalue weighted by molar-refractivity contribution is -0.121. The molecule has 0 heterocycles. The molecule has 336 valence electrons. The fraction of sp³-hybridized carbons (Fsp3) is 0.938. The molecule has 7 heteroatoms. The van der Waals surface area contributed by atoms with E-state index >= 15 is 0 Å². The highest BCUT2D eigenvalue weighted by atomic mass is 32.2. The van der Waals surface area contributed by atoms with E-state index in [0.29, 0.717) is 24.0 Å². The zero-order valence-electron chi connectivity index (χ0n) is 40.8. The zero-order valence-corrected chi connectivity index (χ0v) is 41.6. The summed E-state index contributed by atoms with van der Waals surface area (Å²) in [6.07, 6.45) is 27.3. The first-order valence-corrected chi connectivity index (χ1v) is 24.8. The van der Waals surface area contributed by atoms with Gasteiger partial charge in [-0.25, -0.2) is 4.72 Å². The van der Waals surface area contributed by atoms with Crippen molar-refractivity contribution < 1.29 is 18.5 Å². The number of unbranched alkanes of at least 4 members (excludes halogenated alkanes) is 13. The number of methoxy groups -OCH3 is 1. The summed E-state index contributed by atoms with van der Waals surface area (Å²) in [6, 6.07) is 0. The van der Waals surface area contributed by atoms with Crippen LogP contribution in [0.2, 0.25) is 0 Å². The Kier molecular flexibility index (Phi) is 47.4. The highest BCUT2D eigenvalue weighted by Gasteiger charge is 2.16. The Balaban J connectivity index is -0.000000221. The van der Waals surface area contributed by atoms with Crippen LogP contribution in [0.4, 0.5) is 0 Å². The average molecular weight is 805 g/mol. The van der Waals surface area contributed by atoms with Gasteiger partial charge in [0.25, 0.3) is 0 Å². The molecule has 2 N–H and O–H groups in total.